The molecule has 5 nitrogen and oxygen atoms in total. The quantitative estimate of drug-likeness (QED) is 0.706. The molecule has 2 aliphatic heterocycles. The predicted octanol–water partition coefficient (Wildman–Crippen LogP) is 4.29. The molecule has 0 spiro atoms. The van der Waals surface area contributed by atoms with E-state index in [-0.39, 0.29) is 35.8 Å². The number of rotatable bonds is 4. The van der Waals surface area contributed by atoms with Crippen molar-refractivity contribution in [2.45, 2.75) is 58.5 Å². The number of Topliss-reactive ketones (excluding diaryl/α,β-unsaturated/α-hetero) is 1. The second kappa shape index (κ2) is 7.56. The molecule has 28 heavy (non-hydrogen) atoms. The lowest BCUT2D eigenvalue weighted by Crippen LogP contribution is -2.39. The van der Waals surface area contributed by atoms with Gasteiger partial charge in [0.05, 0.1) is 6.10 Å². The van der Waals surface area contributed by atoms with Crippen LogP contribution in [0.3, 0.4) is 0 Å². The van der Waals surface area contributed by atoms with E-state index in [0.717, 1.165) is 42.2 Å². The monoisotopic (exact) mass is 401 g/mol. The number of nitrogens with zero attached hydrogens (tertiary/aromatic N) is 1. The summed E-state index contributed by atoms with van der Waals surface area (Å²) < 4.78 is 11.2. The molecule has 4 rings (SSSR count). The summed E-state index contributed by atoms with van der Waals surface area (Å²) in [6, 6.07) is 3.97. The molecule has 0 radical (unpaired) electrons. The molecule has 150 valence electrons. The van der Waals surface area contributed by atoms with Crippen LogP contribution in [-0.4, -0.2) is 36.8 Å². The van der Waals surface area contributed by atoms with Gasteiger partial charge in [-0.05, 0) is 43.0 Å². The lowest BCUT2D eigenvalue weighted by molar-refractivity contribution is -0.149. The van der Waals surface area contributed by atoms with Crippen LogP contribution in [0.2, 0.25) is 0 Å². The molecule has 1 aromatic heterocycles. The number of allylic oxidation sites excluding steroid dienone is 2. The normalized spacial score (nSPS) is 29.5. The molecule has 1 fully saturated rings. The van der Waals surface area contributed by atoms with Gasteiger partial charge in [-0.15, -0.1) is 11.3 Å². The molecule has 3 heterocycles. The number of carbonyl (C=O) groups is 2. The Balaban J connectivity index is 1.66. The van der Waals surface area contributed by atoms with Gasteiger partial charge >= 0.3 is 5.97 Å². The Hall–Kier alpha value is -1.79. The Morgan fingerprint density at radius 3 is 2.89 bits per heavy atom. The number of thiophene rings is 1. The summed E-state index contributed by atoms with van der Waals surface area (Å²) in [5.74, 6) is -1.05. The van der Waals surface area contributed by atoms with Crippen LogP contribution in [0.25, 0.3) is 0 Å². The molecule has 3 atom stereocenters. The fourth-order valence-corrected chi connectivity index (χ4v) is 5.44. The maximum absolute atomic E-state index is 13.1. The number of esters is 1. The van der Waals surface area contributed by atoms with E-state index < -0.39 is 5.92 Å². The molecular weight excluding hydrogens is 374 g/mol. The average molecular weight is 402 g/mol. The zero-order valence-electron chi connectivity index (χ0n) is 16.7. The Kier molecular flexibility index (Phi) is 5.27. The first-order chi connectivity index (χ1) is 13.4. The Morgan fingerprint density at radius 2 is 2.21 bits per heavy atom. The molecule has 6 heteroatoms. The number of aliphatic imine (C=N–C) groups is 1. The van der Waals surface area contributed by atoms with Gasteiger partial charge in [-0.1, -0.05) is 19.9 Å². The van der Waals surface area contributed by atoms with Gasteiger partial charge in [0, 0.05) is 40.8 Å². The van der Waals surface area contributed by atoms with Gasteiger partial charge < -0.3 is 9.47 Å². The van der Waals surface area contributed by atoms with E-state index in [1.807, 2.05) is 24.4 Å². The third-order valence-corrected chi connectivity index (χ3v) is 6.80. The fourth-order valence-electron chi connectivity index (χ4n) is 4.57. The van der Waals surface area contributed by atoms with E-state index in [2.05, 4.69) is 13.8 Å². The summed E-state index contributed by atoms with van der Waals surface area (Å²) in [5.41, 5.74) is 2.19. The van der Waals surface area contributed by atoms with Crippen LogP contribution in [0.1, 0.15) is 57.2 Å². The van der Waals surface area contributed by atoms with Crippen molar-refractivity contribution in [3.63, 3.8) is 0 Å². The molecule has 3 aliphatic rings. The van der Waals surface area contributed by atoms with E-state index >= 15 is 0 Å². The molecule has 0 bridgehead atoms. The van der Waals surface area contributed by atoms with E-state index in [1.54, 1.807) is 11.3 Å². The average Bonchev–Trinajstić information content (AvgIpc) is 3.31. The molecule has 0 amide bonds. The molecule has 1 aliphatic carbocycles. The summed E-state index contributed by atoms with van der Waals surface area (Å²) >= 11 is 1.58. The van der Waals surface area contributed by atoms with Gasteiger partial charge in [-0.2, -0.15) is 0 Å². The van der Waals surface area contributed by atoms with Crippen molar-refractivity contribution >= 4 is 28.8 Å². The lowest BCUT2D eigenvalue weighted by Gasteiger charge is -2.38. The van der Waals surface area contributed by atoms with E-state index in [4.69, 9.17) is 14.5 Å². The largest absolute Gasteiger partial charge is 0.462 e. The highest BCUT2D eigenvalue weighted by atomic mass is 32.1. The van der Waals surface area contributed by atoms with Crippen LogP contribution in [0, 0.1) is 11.3 Å². The summed E-state index contributed by atoms with van der Waals surface area (Å²) in [4.78, 5) is 32.0. The van der Waals surface area contributed by atoms with Crippen LogP contribution in [-0.2, 0) is 19.1 Å². The number of hydrogen-bond acceptors (Lipinski definition) is 6. The lowest BCUT2D eigenvalue weighted by atomic mass is 9.68. The van der Waals surface area contributed by atoms with Crippen molar-refractivity contribution in [1.29, 1.82) is 0 Å². The molecule has 0 N–H and O–H groups in total. The Labute approximate surface area is 169 Å². The van der Waals surface area contributed by atoms with Gasteiger partial charge in [-0.3, -0.25) is 14.6 Å². The van der Waals surface area contributed by atoms with E-state index in [0.29, 0.717) is 12.0 Å². The molecule has 1 saturated heterocycles. The highest BCUT2D eigenvalue weighted by molar-refractivity contribution is 7.10. The van der Waals surface area contributed by atoms with Crippen molar-refractivity contribution in [3.8, 4) is 0 Å². The van der Waals surface area contributed by atoms with Gasteiger partial charge in [0.25, 0.3) is 0 Å². The van der Waals surface area contributed by atoms with Gasteiger partial charge in [0.15, 0.2) is 5.78 Å². The van der Waals surface area contributed by atoms with E-state index in [1.165, 1.54) is 0 Å². The van der Waals surface area contributed by atoms with E-state index in [9.17, 15) is 9.59 Å². The summed E-state index contributed by atoms with van der Waals surface area (Å²) in [7, 11) is 0. The standard InChI is InChI=1S/C22H27NO4S/c1-13-18(21(25)27-12-14-6-4-8-26-14)20(17-7-5-9-28-17)19-15(23-13)10-22(2,3)11-16(19)24/h5,7,9,14,18,20H,4,6,8,10-12H2,1-3H3/t14-,18?,20-/m0/s1. The summed E-state index contributed by atoms with van der Waals surface area (Å²) in [6.07, 6.45) is 3.15. The summed E-state index contributed by atoms with van der Waals surface area (Å²) in [5, 5.41) is 1.99. The van der Waals surface area contributed by atoms with Crippen LogP contribution >= 0.6 is 11.3 Å². The van der Waals surface area contributed by atoms with Gasteiger partial charge in [0.1, 0.15) is 12.5 Å². The second-order valence-electron chi connectivity index (χ2n) is 8.79. The van der Waals surface area contributed by atoms with Gasteiger partial charge in [-0.25, -0.2) is 0 Å². The topological polar surface area (TPSA) is 65.0 Å². The number of ketones is 1. The second-order valence-corrected chi connectivity index (χ2v) is 9.77. The highest BCUT2D eigenvalue weighted by Crippen LogP contribution is 2.48. The maximum atomic E-state index is 13.1. The zero-order chi connectivity index (χ0) is 19.9. The van der Waals surface area contributed by atoms with Crippen LogP contribution in [0.4, 0.5) is 0 Å². The molecule has 0 saturated carbocycles. The maximum Gasteiger partial charge on any atom is 0.315 e. The number of carbonyl (C=O) groups excluding carboxylic acids is 2. The molecule has 1 aromatic rings. The Bertz CT molecular complexity index is 831. The number of hydrogen-bond donors (Lipinski definition) is 0. The zero-order valence-corrected chi connectivity index (χ0v) is 17.5. The van der Waals surface area contributed by atoms with Crippen LogP contribution < -0.4 is 0 Å². The van der Waals surface area contributed by atoms with Crippen molar-refractivity contribution in [2.24, 2.45) is 16.3 Å². The third kappa shape index (κ3) is 3.72. The molecular formula is C22H27NO4S. The minimum absolute atomic E-state index is 0.0168. The first-order valence-corrected chi connectivity index (χ1v) is 10.9. The van der Waals surface area contributed by atoms with Crippen molar-refractivity contribution in [3.05, 3.63) is 33.7 Å². The van der Waals surface area contributed by atoms with Crippen molar-refractivity contribution in [2.75, 3.05) is 13.2 Å². The molecule has 1 unspecified atom stereocenters. The smallest absolute Gasteiger partial charge is 0.315 e. The Morgan fingerprint density at radius 1 is 1.39 bits per heavy atom. The summed E-state index contributed by atoms with van der Waals surface area (Å²) in [6.45, 7) is 7.08. The minimum Gasteiger partial charge on any atom is -0.462 e. The minimum atomic E-state index is -0.552. The van der Waals surface area contributed by atoms with Crippen molar-refractivity contribution < 1.29 is 19.1 Å². The van der Waals surface area contributed by atoms with Crippen LogP contribution in [0.15, 0.2) is 33.8 Å². The SMILES string of the molecule is CC1=NC2=C(C(=O)CC(C)(C)C2)[C@@H](c2cccs2)C1C(=O)OC[C@@H]1CCCO1. The van der Waals surface area contributed by atoms with Gasteiger partial charge in [0.2, 0.25) is 0 Å². The van der Waals surface area contributed by atoms with Crippen LogP contribution in [0.5, 0.6) is 0 Å². The predicted molar refractivity (Wildman–Crippen MR) is 109 cm³/mol. The molecule has 0 aromatic carbocycles. The first kappa shape index (κ1) is 19.5. The number of ether oxygens (including phenoxy) is 2. The highest BCUT2D eigenvalue weighted by Gasteiger charge is 2.46. The first-order valence-electron chi connectivity index (χ1n) is 9.99. The van der Waals surface area contributed by atoms with Crippen molar-refractivity contribution in [1.82, 2.24) is 0 Å². The third-order valence-electron chi connectivity index (χ3n) is 5.84. The fraction of sp³-hybridized carbons (Fsp3) is 0.591.